The van der Waals surface area contributed by atoms with Gasteiger partial charge < -0.3 is 9.80 Å². The lowest BCUT2D eigenvalue weighted by molar-refractivity contribution is -0.134. The Bertz CT molecular complexity index is 546. The summed E-state index contributed by atoms with van der Waals surface area (Å²) >= 11 is 0. The van der Waals surface area contributed by atoms with Gasteiger partial charge in [-0.05, 0) is 18.6 Å². The molecule has 1 saturated heterocycles. The van der Waals surface area contributed by atoms with E-state index in [-0.39, 0.29) is 11.8 Å². The summed E-state index contributed by atoms with van der Waals surface area (Å²) < 4.78 is 0. The van der Waals surface area contributed by atoms with Crippen molar-refractivity contribution < 1.29 is 14.4 Å². The molecule has 1 aromatic carbocycles. The number of nitrogens with zero attached hydrogens (tertiary/aromatic N) is 2. The first-order chi connectivity index (χ1) is 11.5. The monoisotopic (exact) mass is 335 g/mol. The zero-order valence-corrected chi connectivity index (χ0v) is 15.5. The Morgan fingerprint density at radius 3 is 2.08 bits per heavy atom. The number of nitrogens with one attached hydrogen (secondary N) is 1. The molecule has 6 nitrogen and oxygen atoms in total. The van der Waals surface area contributed by atoms with E-state index in [1.165, 1.54) is 4.90 Å². The van der Waals surface area contributed by atoms with Gasteiger partial charge in [-0.1, -0.05) is 39.8 Å². The van der Waals surface area contributed by atoms with E-state index >= 15 is 0 Å². The van der Waals surface area contributed by atoms with Crippen LogP contribution in [0.5, 0.6) is 0 Å². The van der Waals surface area contributed by atoms with Gasteiger partial charge in [0.15, 0.2) is 0 Å². The Morgan fingerprint density at radius 1 is 1.04 bits per heavy atom. The van der Waals surface area contributed by atoms with Gasteiger partial charge in [-0.25, -0.2) is 0 Å². The fraction of sp³-hybridized carbons (Fsp3) is 0.500. The topological polar surface area (TPSA) is 69.7 Å². The van der Waals surface area contributed by atoms with Crippen LogP contribution in [0.25, 0.3) is 0 Å². The maximum atomic E-state index is 11.9. The summed E-state index contributed by atoms with van der Waals surface area (Å²) in [4.78, 5) is 37.3. The van der Waals surface area contributed by atoms with Crippen molar-refractivity contribution in [3.63, 3.8) is 0 Å². The van der Waals surface area contributed by atoms with E-state index in [0.717, 1.165) is 17.8 Å². The third-order valence-corrected chi connectivity index (χ3v) is 3.48. The van der Waals surface area contributed by atoms with Crippen molar-refractivity contribution in [1.29, 1.82) is 0 Å². The summed E-state index contributed by atoms with van der Waals surface area (Å²) in [7, 11) is 3.45. The molecule has 24 heavy (non-hydrogen) atoms. The van der Waals surface area contributed by atoms with Crippen LogP contribution in [-0.2, 0) is 14.4 Å². The second-order valence-electron chi connectivity index (χ2n) is 4.78. The molecule has 0 aliphatic carbocycles. The Hall–Kier alpha value is -2.37. The first-order valence-corrected chi connectivity index (χ1v) is 8.38. The molecule has 0 bridgehead atoms. The van der Waals surface area contributed by atoms with Crippen LogP contribution in [0, 0.1) is 0 Å². The number of para-hydroxylation sites is 2. The van der Waals surface area contributed by atoms with E-state index in [1.807, 2.05) is 52.0 Å². The van der Waals surface area contributed by atoms with Crippen LogP contribution in [0.15, 0.2) is 24.3 Å². The summed E-state index contributed by atoms with van der Waals surface area (Å²) in [6.07, 6.45) is 1.52. The highest BCUT2D eigenvalue weighted by molar-refractivity contribution is 6.02. The van der Waals surface area contributed by atoms with E-state index in [0.29, 0.717) is 12.8 Å². The molecule has 1 aromatic rings. The van der Waals surface area contributed by atoms with Crippen LogP contribution < -0.4 is 15.1 Å². The number of carbonyl (C=O) groups is 3. The lowest BCUT2D eigenvalue weighted by atomic mass is 10.0. The van der Waals surface area contributed by atoms with E-state index in [4.69, 9.17) is 0 Å². The maximum Gasteiger partial charge on any atom is 0.249 e. The van der Waals surface area contributed by atoms with Gasteiger partial charge in [-0.3, -0.25) is 19.7 Å². The molecule has 1 unspecified atom stereocenters. The number of anilines is 2. The molecule has 1 aliphatic rings. The Kier molecular flexibility index (Phi) is 10.1. The number of amides is 3. The van der Waals surface area contributed by atoms with Crippen molar-refractivity contribution in [1.82, 2.24) is 5.32 Å². The molecular formula is C18H29N3O3. The fourth-order valence-corrected chi connectivity index (χ4v) is 2.34. The second kappa shape index (κ2) is 11.2. The van der Waals surface area contributed by atoms with Crippen molar-refractivity contribution in [3.8, 4) is 0 Å². The van der Waals surface area contributed by atoms with Gasteiger partial charge in [0.2, 0.25) is 18.2 Å². The Balaban J connectivity index is 0.00000123. The zero-order chi connectivity index (χ0) is 18.7. The number of likely N-dealkylation sites (N-methyl/N-ethyl adjacent to an activating group) is 1. The van der Waals surface area contributed by atoms with E-state index in [1.54, 1.807) is 19.0 Å². The first-order valence-electron chi connectivity index (χ1n) is 8.38. The number of carbonyl (C=O) groups excluding carboxylic acids is 3. The quantitative estimate of drug-likeness (QED) is 0.678. The van der Waals surface area contributed by atoms with Gasteiger partial charge in [0.25, 0.3) is 0 Å². The van der Waals surface area contributed by atoms with E-state index in [9.17, 15) is 14.4 Å². The summed E-state index contributed by atoms with van der Waals surface area (Å²) in [5.74, 6) is -0.537. The minimum atomic E-state index is -0.408. The molecule has 134 valence electrons. The van der Waals surface area contributed by atoms with Gasteiger partial charge in [0.05, 0.1) is 11.4 Å². The molecule has 0 saturated carbocycles. The number of benzene rings is 1. The van der Waals surface area contributed by atoms with Gasteiger partial charge in [0.1, 0.15) is 6.04 Å². The first kappa shape index (κ1) is 21.6. The molecule has 3 amide bonds. The molecule has 1 fully saturated rings. The normalized spacial score (nSPS) is 15.8. The third-order valence-electron chi connectivity index (χ3n) is 3.48. The minimum Gasteiger partial charge on any atom is -0.361 e. The van der Waals surface area contributed by atoms with Crippen molar-refractivity contribution in [2.75, 3.05) is 23.9 Å². The summed E-state index contributed by atoms with van der Waals surface area (Å²) in [6, 6.07) is 6.93. The van der Waals surface area contributed by atoms with Crippen LogP contribution in [0.4, 0.5) is 11.4 Å². The lowest BCUT2D eigenvalue weighted by Crippen LogP contribution is -2.51. The molecule has 1 aliphatic heterocycles. The molecular weight excluding hydrogens is 306 g/mol. The minimum absolute atomic E-state index is 0.238. The Morgan fingerprint density at radius 2 is 1.58 bits per heavy atom. The predicted molar refractivity (Wildman–Crippen MR) is 98.2 cm³/mol. The highest BCUT2D eigenvalue weighted by Gasteiger charge is 2.31. The van der Waals surface area contributed by atoms with Crippen LogP contribution >= 0.6 is 0 Å². The van der Waals surface area contributed by atoms with Gasteiger partial charge in [-0.15, -0.1) is 0 Å². The fourth-order valence-electron chi connectivity index (χ4n) is 2.34. The smallest absolute Gasteiger partial charge is 0.249 e. The standard InChI is InChI=1S/C14H17N3O3.2C2H6/c1-16(9-18)10-5-3-4-6-11(10)17(2)12-7-8-13(19)15-14(12)20;2*1-2/h3-6,9,12H,7-8H2,1-2H3,(H,15,19,20);2*1-2H3. The molecule has 1 heterocycles. The average Bonchev–Trinajstić information content (AvgIpc) is 2.64. The van der Waals surface area contributed by atoms with Crippen molar-refractivity contribution in [3.05, 3.63) is 24.3 Å². The number of hydrogen-bond acceptors (Lipinski definition) is 4. The maximum absolute atomic E-state index is 11.9. The number of imide groups is 1. The van der Waals surface area contributed by atoms with Crippen molar-refractivity contribution >= 4 is 29.6 Å². The van der Waals surface area contributed by atoms with Crippen LogP contribution in [0.3, 0.4) is 0 Å². The third kappa shape index (κ3) is 5.37. The zero-order valence-electron chi connectivity index (χ0n) is 15.5. The van der Waals surface area contributed by atoms with E-state index < -0.39 is 6.04 Å². The van der Waals surface area contributed by atoms with Crippen molar-refractivity contribution in [2.45, 2.75) is 46.6 Å². The summed E-state index contributed by atoms with van der Waals surface area (Å²) in [6.45, 7) is 8.00. The summed E-state index contributed by atoms with van der Waals surface area (Å²) in [5, 5.41) is 2.34. The highest BCUT2D eigenvalue weighted by Crippen LogP contribution is 2.29. The lowest BCUT2D eigenvalue weighted by Gasteiger charge is -2.33. The Labute approximate surface area is 144 Å². The van der Waals surface area contributed by atoms with Crippen LogP contribution in [0.2, 0.25) is 0 Å². The molecule has 0 radical (unpaired) electrons. The SMILES string of the molecule is CC.CC.CN(C=O)c1ccccc1N(C)C1CCC(=O)NC1=O. The van der Waals surface area contributed by atoms with E-state index in [2.05, 4.69) is 5.32 Å². The number of piperidine rings is 1. The van der Waals surface area contributed by atoms with Gasteiger partial charge in [0, 0.05) is 20.5 Å². The second-order valence-corrected chi connectivity index (χ2v) is 4.78. The summed E-state index contributed by atoms with van der Waals surface area (Å²) in [5.41, 5.74) is 1.49. The van der Waals surface area contributed by atoms with Crippen LogP contribution in [-0.4, -0.2) is 38.4 Å². The number of hydrogen-bond donors (Lipinski definition) is 1. The molecule has 0 spiro atoms. The number of rotatable bonds is 4. The van der Waals surface area contributed by atoms with Gasteiger partial charge in [-0.2, -0.15) is 0 Å². The van der Waals surface area contributed by atoms with Crippen LogP contribution in [0.1, 0.15) is 40.5 Å². The molecule has 1 N–H and O–H groups in total. The van der Waals surface area contributed by atoms with Crippen molar-refractivity contribution in [2.24, 2.45) is 0 Å². The predicted octanol–water partition coefficient (Wildman–Crippen LogP) is 2.57. The van der Waals surface area contributed by atoms with Gasteiger partial charge >= 0.3 is 0 Å². The molecule has 1 atom stereocenters. The highest BCUT2D eigenvalue weighted by atomic mass is 16.2. The average molecular weight is 335 g/mol. The molecule has 0 aromatic heterocycles. The molecule has 6 heteroatoms. The molecule has 2 rings (SSSR count). The largest absolute Gasteiger partial charge is 0.361 e.